The molecule has 3 rings (SSSR count). The summed E-state index contributed by atoms with van der Waals surface area (Å²) in [5.41, 5.74) is 1.31. The van der Waals surface area contributed by atoms with Crippen molar-refractivity contribution in [2.45, 2.75) is 0 Å². The summed E-state index contributed by atoms with van der Waals surface area (Å²) in [6.07, 6.45) is 0. The first-order valence-corrected chi connectivity index (χ1v) is 6.64. The average Bonchev–Trinajstić information content (AvgIpc) is 2.99. The standard InChI is InChI=1S/C13H9N3O3S/c17-13(10-7-12-9(14-10)5-6-20-12)15-8-3-1-2-4-11(8)16(18)19/h1-7,14H,(H,15,17). The van der Waals surface area contributed by atoms with Crippen molar-refractivity contribution in [1.82, 2.24) is 4.98 Å². The minimum atomic E-state index is -0.525. The van der Waals surface area contributed by atoms with Crippen molar-refractivity contribution in [2.75, 3.05) is 5.32 Å². The Morgan fingerprint density at radius 2 is 2.10 bits per heavy atom. The average molecular weight is 287 g/mol. The second-order valence-electron chi connectivity index (χ2n) is 4.11. The van der Waals surface area contributed by atoms with Crippen LogP contribution < -0.4 is 5.32 Å². The van der Waals surface area contributed by atoms with Crippen molar-refractivity contribution in [2.24, 2.45) is 0 Å². The Kier molecular flexibility index (Phi) is 2.96. The zero-order chi connectivity index (χ0) is 14.1. The summed E-state index contributed by atoms with van der Waals surface area (Å²) in [4.78, 5) is 25.4. The fourth-order valence-electron chi connectivity index (χ4n) is 1.90. The molecule has 0 aliphatic carbocycles. The lowest BCUT2D eigenvalue weighted by Gasteiger charge is -2.04. The highest BCUT2D eigenvalue weighted by Gasteiger charge is 2.17. The lowest BCUT2D eigenvalue weighted by atomic mass is 10.2. The Hall–Kier alpha value is -2.67. The Bertz CT molecular complexity index is 777. The third-order valence-corrected chi connectivity index (χ3v) is 3.70. The summed E-state index contributed by atoms with van der Waals surface area (Å²) in [7, 11) is 0. The number of thiophene rings is 1. The molecule has 0 saturated carbocycles. The van der Waals surface area contributed by atoms with E-state index in [2.05, 4.69) is 10.3 Å². The van der Waals surface area contributed by atoms with Crippen LogP contribution in [-0.2, 0) is 0 Å². The van der Waals surface area contributed by atoms with Crippen LogP contribution >= 0.6 is 11.3 Å². The molecule has 2 aromatic heterocycles. The molecule has 6 nitrogen and oxygen atoms in total. The molecule has 20 heavy (non-hydrogen) atoms. The van der Waals surface area contributed by atoms with E-state index in [-0.39, 0.29) is 11.4 Å². The second kappa shape index (κ2) is 4.78. The summed E-state index contributed by atoms with van der Waals surface area (Å²) in [6.45, 7) is 0. The highest BCUT2D eigenvalue weighted by Crippen LogP contribution is 2.25. The summed E-state index contributed by atoms with van der Waals surface area (Å²) in [6, 6.07) is 9.64. The first kappa shape index (κ1) is 12.4. The Morgan fingerprint density at radius 1 is 1.30 bits per heavy atom. The van der Waals surface area contributed by atoms with Gasteiger partial charge in [0.05, 0.1) is 15.1 Å². The molecule has 0 bridgehead atoms. The van der Waals surface area contributed by atoms with E-state index in [1.807, 2.05) is 11.4 Å². The summed E-state index contributed by atoms with van der Waals surface area (Å²) in [5.74, 6) is -0.400. The largest absolute Gasteiger partial charge is 0.350 e. The van der Waals surface area contributed by atoms with Crippen LogP contribution in [0.15, 0.2) is 41.8 Å². The fourth-order valence-corrected chi connectivity index (χ4v) is 2.68. The van der Waals surface area contributed by atoms with E-state index in [1.54, 1.807) is 18.2 Å². The molecule has 0 aliphatic heterocycles. The summed E-state index contributed by atoms with van der Waals surface area (Å²) < 4.78 is 0.970. The first-order chi connectivity index (χ1) is 9.65. The van der Waals surface area contributed by atoms with E-state index in [0.717, 1.165) is 10.2 Å². The van der Waals surface area contributed by atoms with Crippen molar-refractivity contribution in [3.05, 3.63) is 57.6 Å². The zero-order valence-corrected chi connectivity index (χ0v) is 10.9. The molecule has 2 N–H and O–H groups in total. The van der Waals surface area contributed by atoms with Gasteiger partial charge in [0.15, 0.2) is 0 Å². The summed E-state index contributed by atoms with van der Waals surface area (Å²) >= 11 is 1.52. The smallest absolute Gasteiger partial charge is 0.292 e. The van der Waals surface area contributed by atoms with Gasteiger partial charge >= 0.3 is 0 Å². The molecule has 1 aromatic carbocycles. The maximum Gasteiger partial charge on any atom is 0.292 e. The molecule has 0 aliphatic rings. The van der Waals surface area contributed by atoms with Gasteiger partial charge in [0, 0.05) is 6.07 Å². The number of nitrogens with one attached hydrogen (secondary N) is 2. The normalized spacial score (nSPS) is 10.6. The number of para-hydroxylation sites is 2. The molecule has 0 atom stereocenters. The summed E-state index contributed by atoms with van der Waals surface area (Å²) in [5, 5.41) is 15.4. The molecule has 3 aromatic rings. The number of nitrogens with zero attached hydrogens (tertiary/aromatic N) is 1. The lowest BCUT2D eigenvalue weighted by molar-refractivity contribution is -0.383. The van der Waals surface area contributed by atoms with E-state index in [4.69, 9.17) is 0 Å². The molecule has 2 heterocycles. The van der Waals surface area contributed by atoms with E-state index in [9.17, 15) is 14.9 Å². The molecule has 0 radical (unpaired) electrons. The van der Waals surface area contributed by atoms with Gasteiger partial charge in [0.25, 0.3) is 11.6 Å². The fraction of sp³-hybridized carbons (Fsp3) is 0. The van der Waals surface area contributed by atoms with Gasteiger partial charge in [-0.1, -0.05) is 12.1 Å². The van der Waals surface area contributed by atoms with Crippen LogP contribution in [0.3, 0.4) is 0 Å². The Balaban J connectivity index is 1.89. The zero-order valence-electron chi connectivity index (χ0n) is 10.1. The van der Waals surface area contributed by atoms with Crippen LogP contribution in [0.25, 0.3) is 10.2 Å². The molecule has 0 saturated heterocycles. The number of aromatic amines is 1. The molecular formula is C13H9N3O3S. The van der Waals surface area contributed by atoms with Crippen molar-refractivity contribution >= 4 is 38.8 Å². The number of benzene rings is 1. The van der Waals surface area contributed by atoms with Crippen LogP contribution in [0.2, 0.25) is 0 Å². The predicted molar refractivity (Wildman–Crippen MR) is 77.2 cm³/mol. The van der Waals surface area contributed by atoms with Gasteiger partial charge in [0.2, 0.25) is 0 Å². The Morgan fingerprint density at radius 3 is 2.85 bits per heavy atom. The number of H-pyrrole nitrogens is 1. The van der Waals surface area contributed by atoms with Gasteiger partial charge in [-0.25, -0.2) is 0 Å². The van der Waals surface area contributed by atoms with Gasteiger partial charge in [-0.2, -0.15) is 0 Å². The number of anilines is 1. The maximum absolute atomic E-state index is 12.1. The van der Waals surface area contributed by atoms with E-state index >= 15 is 0 Å². The number of aromatic nitrogens is 1. The highest BCUT2D eigenvalue weighted by atomic mass is 32.1. The predicted octanol–water partition coefficient (Wildman–Crippen LogP) is 3.39. The van der Waals surface area contributed by atoms with Crippen molar-refractivity contribution < 1.29 is 9.72 Å². The van der Waals surface area contributed by atoms with Crippen LogP contribution in [0.4, 0.5) is 11.4 Å². The Labute approximate surface area is 117 Å². The molecule has 0 fully saturated rings. The van der Waals surface area contributed by atoms with Crippen LogP contribution in [0, 0.1) is 10.1 Å². The minimum Gasteiger partial charge on any atom is -0.350 e. The van der Waals surface area contributed by atoms with Crippen LogP contribution in [0.5, 0.6) is 0 Å². The third-order valence-electron chi connectivity index (χ3n) is 2.83. The minimum absolute atomic E-state index is 0.130. The van der Waals surface area contributed by atoms with Gasteiger partial charge in [-0.15, -0.1) is 11.3 Å². The van der Waals surface area contributed by atoms with Crippen LogP contribution in [0.1, 0.15) is 10.5 Å². The van der Waals surface area contributed by atoms with Crippen molar-refractivity contribution in [1.29, 1.82) is 0 Å². The monoisotopic (exact) mass is 287 g/mol. The van der Waals surface area contributed by atoms with Gasteiger partial charge in [0.1, 0.15) is 11.4 Å². The molecular weight excluding hydrogens is 278 g/mol. The number of rotatable bonds is 3. The van der Waals surface area contributed by atoms with E-state index < -0.39 is 10.8 Å². The van der Waals surface area contributed by atoms with Gasteiger partial charge < -0.3 is 10.3 Å². The van der Waals surface area contributed by atoms with E-state index in [1.165, 1.54) is 23.5 Å². The topological polar surface area (TPSA) is 88.0 Å². The number of nitro benzene ring substituents is 1. The number of carbonyl (C=O) groups excluding carboxylic acids is 1. The van der Waals surface area contributed by atoms with Crippen molar-refractivity contribution in [3.8, 4) is 0 Å². The van der Waals surface area contributed by atoms with Crippen molar-refractivity contribution in [3.63, 3.8) is 0 Å². The van der Waals surface area contributed by atoms with Gasteiger partial charge in [-0.3, -0.25) is 14.9 Å². The number of fused-ring (bicyclic) bond motifs is 1. The van der Waals surface area contributed by atoms with Crippen LogP contribution in [-0.4, -0.2) is 15.8 Å². The number of hydrogen-bond donors (Lipinski definition) is 2. The third kappa shape index (κ3) is 2.14. The maximum atomic E-state index is 12.1. The van der Waals surface area contributed by atoms with Gasteiger partial charge in [-0.05, 0) is 23.6 Å². The molecule has 0 spiro atoms. The quantitative estimate of drug-likeness (QED) is 0.571. The number of carbonyl (C=O) groups is 1. The second-order valence-corrected chi connectivity index (χ2v) is 5.06. The molecule has 0 unspecified atom stereocenters. The molecule has 7 heteroatoms. The number of hydrogen-bond acceptors (Lipinski definition) is 4. The van der Waals surface area contributed by atoms with E-state index in [0.29, 0.717) is 5.69 Å². The molecule has 1 amide bonds. The first-order valence-electron chi connectivity index (χ1n) is 5.76. The SMILES string of the molecule is O=C(Nc1ccccc1[N+](=O)[O-])c1cc2sccc2[nH]1. The highest BCUT2D eigenvalue weighted by molar-refractivity contribution is 7.17. The molecule has 100 valence electrons. The number of nitro groups is 1. The lowest BCUT2D eigenvalue weighted by Crippen LogP contribution is -2.13. The number of amides is 1.